The number of rotatable bonds is 2. The molecular formula is C9H10N2W. The molecule has 0 aliphatic rings. The van der Waals surface area contributed by atoms with Crippen LogP contribution in [0, 0.1) is 13.1 Å². The third-order valence-electron chi connectivity index (χ3n) is 1.29. The van der Waals surface area contributed by atoms with Crippen molar-refractivity contribution in [1.29, 1.82) is 0 Å². The van der Waals surface area contributed by atoms with Crippen LogP contribution < -0.4 is 0 Å². The van der Waals surface area contributed by atoms with Gasteiger partial charge in [-0.05, 0) is 0 Å². The Morgan fingerprint density at radius 1 is 1.67 bits per heavy atom. The molecule has 0 N–H and O–H groups in total. The van der Waals surface area contributed by atoms with Crippen molar-refractivity contribution in [2.75, 3.05) is 0 Å². The molecule has 0 unspecified atom stereocenters. The predicted molar refractivity (Wildman–Crippen MR) is 45.2 cm³/mol. The Bertz CT molecular complexity index is 258. The van der Waals surface area contributed by atoms with Gasteiger partial charge in [0.25, 0.3) is 0 Å². The Kier molecular flexibility index (Phi) is 5.82. The molecule has 0 spiro atoms. The van der Waals surface area contributed by atoms with Crippen molar-refractivity contribution in [3.05, 3.63) is 24.0 Å². The largest absolute Gasteiger partial charge is 2.00 e. The van der Waals surface area contributed by atoms with E-state index < -0.39 is 0 Å². The molecule has 0 amide bonds. The summed E-state index contributed by atoms with van der Waals surface area (Å²) in [5.74, 6) is 0. The molecule has 2 nitrogen and oxygen atoms in total. The number of nitrogens with zero attached hydrogens (tertiary/aromatic N) is 2. The minimum Gasteiger partial charge on any atom is -0.480 e. The Labute approximate surface area is 87.4 Å². The van der Waals surface area contributed by atoms with Crippen LogP contribution >= 0.6 is 0 Å². The zero-order chi connectivity index (χ0) is 8.10. The molecule has 0 saturated carbocycles. The summed E-state index contributed by atoms with van der Waals surface area (Å²) in [7, 11) is 0. The number of hydrogen-bond donors (Lipinski definition) is 0. The number of aliphatic imine (C=N–C) groups is 1. The van der Waals surface area contributed by atoms with Crippen LogP contribution in [-0.2, 0) is 21.1 Å². The van der Waals surface area contributed by atoms with Gasteiger partial charge in [0.2, 0.25) is 0 Å². The summed E-state index contributed by atoms with van der Waals surface area (Å²) in [5, 5.41) is 0. The summed E-state index contributed by atoms with van der Waals surface area (Å²) in [6, 6.07) is 1.91. The Balaban J connectivity index is 0.00000121. The van der Waals surface area contributed by atoms with E-state index in [1.165, 1.54) is 0 Å². The van der Waals surface area contributed by atoms with Crippen molar-refractivity contribution in [2.45, 2.75) is 20.3 Å². The first-order chi connectivity index (χ1) is 5.34. The van der Waals surface area contributed by atoms with Crippen LogP contribution in [0.25, 0.3) is 0 Å². The third-order valence-corrected chi connectivity index (χ3v) is 1.29. The molecule has 0 atom stereocenters. The van der Waals surface area contributed by atoms with E-state index in [-0.39, 0.29) is 21.1 Å². The Hall–Kier alpha value is -0.492. The van der Waals surface area contributed by atoms with Gasteiger partial charge in [-0.1, -0.05) is 19.5 Å². The molecule has 0 aromatic carbocycles. The fraction of sp³-hybridized carbons (Fsp3) is 0.333. The molecule has 0 bridgehead atoms. The first-order valence-electron chi connectivity index (χ1n) is 3.61. The summed E-state index contributed by atoms with van der Waals surface area (Å²) in [5.41, 5.74) is 1.87. The van der Waals surface area contributed by atoms with Crippen LogP contribution in [0.4, 0.5) is 5.69 Å². The quantitative estimate of drug-likeness (QED) is 0.603. The molecule has 1 heterocycles. The first-order valence-corrected chi connectivity index (χ1v) is 3.61. The maximum Gasteiger partial charge on any atom is 2.00 e. The summed E-state index contributed by atoms with van der Waals surface area (Å²) in [6.45, 7) is 3.98. The number of pyridine rings is 1. The second kappa shape index (κ2) is 6.07. The van der Waals surface area contributed by atoms with Gasteiger partial charge in [0.05, 0.1) is 0 Å². The van der Waals surface area contributed by atoms with Crippen LogP contribution in [0.15, 0.2) is 17.3 Å². The van der Waals surface area contributed by atoms with Crippen molar-refractivity contribution < 1.29 is 21.1 Å². The van der Waals surface area contributed by atoms with Gasteiger partial charge in [0, 0.05) is 0 Å². The second-order valence-corrected chi connectivity index (χ2v) is 2.21. The van der Waals surface area contributed by atoms with Gasteiger partial charge >= 0.3 is 21.1 Å². The molecule has 1 aromatic rings. The second-order valence-electron chi connectivity index (χ2n) is 2.21. The third kappa shape index (κ3) is 3.27. The minimum atomic E-state index is 0. The van der Waals surface area contributed by atoms with Crippen molar-refractivity contribution in [1.82, 2.24) is 4.98 Å². The molecule has 12 heavy (non-hydrogen) atoms. The fourth-order valence-electron chi connectivity index (χ4n) is 0.686. The average Bonchev–Trinajstić information content (AvgIpc) is 2.03. The van der Waals surface area contributed by atoms with Gasteiger partial charge in [-0.3, -0.25) is 0 Å². The topological polar surface area (TPSA) is 25.2 Å². The number of aryl methyl sites for hydroxylation is 1. The van der Waals surface area contributed by atoms with E-state index in [1.54, 1.807) is 6.20 Å². The van der Waals surface area contributed by atoms with Crippen molar-refractivity contribution in [3.8, 4) is 0 Å². The van der Waals surface area contributed by atoms with E-state index in [2.05, 4.69) is 22.4 Å². The van der Waals surface area contributed by atoms with Crippen LogP contribution in [0.3, 0.4) is 0 Å². The smallest absolute Gasteiger partial charge is 0.480 e. The minimum absolute atomic E-state index is 0. The van der Waals surface area contributed by atoms with Gasteiger partial charge in [-0.25, -0.2) is 5.56 Å². The summed E-state index contributed by atoms with van der Waals surface area (Å²) in [4.78, 5) is 7.90. The average molecular weight is 330 g/mol. The van der Waals surface area contributed by atoms with E-state index in [0.717, 1.165) is 17.7 Å². The van der Waals surface area contributed by atoms with Gasteiger partial charge < -0.3 is 9.98 Å². The van der Waals surface area contributed by atoms with Crippen LogP contribution in [0.1, 0.15) is 18.9 Å². The van der Waals surface area contributed by atoms with Crippen LogP contribution in [-0.4, -0.2) is 11.2 Å². The Morgan fingerprint density at radius 2 is 2.42 bits per heavy atom. The van der Waals surface area contributed by atoms with Crippen molar-refractivity contribution >= 4 is 11.9 Å². The summed E-state index contributed by atoms with van der Waals surface area (Å²) >= 11 is 0. The zero-order valence-electron chi connectivity index (χ0n) is 7.16. The van der Waals surface area contributed by atoms with Crippen molar-refractivity contribution in [2.24, 2.45) is 4.99 Å². The molecule has 1 aromatic heterocycles. The standard InChI is InChI=1S/C9H10N2.W/c1-3-5-11-9-7-10-6-4-8(9)2;/h4,6H,3H2,1-2H3;/q-2;+2. The molecule has 0 saturated heterocycles. The Morgan fingerprint density at radius 3 is 3.00 bits per heavy atom. The maximum atomic E-state index is 4.06. The number of hydrogen-bond acceptors (Lipinski definition) is 2. The molecular weight excluding hydrogens is 320 g/mol. The van der Waals surface area contributed by atoms with Crippen molar-refractivity contribution in [3.63, 3.8) is 0 Å². The molecule has 1 rings (SSSR count). The van der Waals surface area contributed by atoms with E-state index >= 15 is 0 Å². The molecule has 3 heteroatoms. The molecule has 0 radical (unpaired) electrons. The van der Waals surface area contributed by atoms with E-state index in [9.17, 15) is 0 Å². The molecule has 0 fully saturated rings. The van der Waals surface area contributed by atoms with E-state index in [0.29, 0.717) is 0 Å². The zero-order valence-corrected chi connectivity index (χ0v) is 10.1. The van der Waals surface area contributed by atoms with Gasteiger partial charge in [-0.15, -0.1) is 6.92 Å². The summed E-state index contributed by atoms with van der Waals surface area (Å²) in [6.07, 6.45) is 8.18. The van der Waals surface area contributed by atoms with Gasteiger partial charge in [0.15, 0.2) is 0 Å². The molecule has 0 aliphatic carbocycles. The monoisotopic (exact) mass is 330 g/mol. The van der Waals surface area contributed by atoms with E-state index in [4.69, 9.17) is 0 Å². The summed E-state index contributed by atoms with van der Waals surface area (Å²) < 4.78 is 0. The first kappa shape index (κ1) is 11.5. The predicted octanol–water partition coefficient (Wildman–Crippen LogP) is 2.18. The SMILES string of the molecule is CC[C-]=Nc1[c-]nccc1C.[W+2]. The van der Waals surface area contributed by atoms with Gasteiger partial charge in [0.1, 0.15) is 0 Å². The fourth-order valence-corrected chi connectivity index (χ4v) is 0.686. The molecule has 62 valence electrons. The van der Waals surface area contributed by atoms with E-state index in [1.807, 2.05) is 19.9 Å². The number of aromatic nitrogens is 1. The maximum absolute atomic E-state index is 4.06. The van der Waals surface area contributed by atoms with Gasteiger partial charge in [-0.2, -0.15) is 24.2 Å². The molecule has 0 aliphatic heterocycles. The normalized spacial score (nSPS) is 9.83. The van der Waals surface area contributed by atoms with Crippen LogP contribution in [0.2, 0.25) is 0 Å². The van der Waals surface area contributed by atoms with Crippen LogP contribution in [0.5, 0.6) is 0 Å².